The fourth-order valence-electron chi connectivity index (χ4n) is 2.94. The molecule has 1 aliphatic rings. The van der Waals surface area contributed by atoms with Gasteiger partial charge in [-0.05, 0) is 55.5 Å². The molecule has 1 aromatic carbocycles. The third kappa shape index (κ3) is 4.44. The van der Waals surface area contributed by atoms with E-state index in [1.54, 1.807) is 7.11 Å². The fraction of sp³-hybridized carbons (Fsp3) is 0.647. The van der Waals surface area contributed by atoms with E-state index < -0.39 is 0 Å². The largest absolute Gasteiger partial charge is 0.497 e. The molecule has 3 unspecified atom stereocenters. The van der Waals surface area contributed by atoms with Crippen molar-refractivity contribution in [3.8, 4) is 5.75 Å². The zero-order valence-electron chi connectivity index (χ0n) is 13.2. The van der Waals surface area contributed by atoms with Gasteiger partial charge in [0.25, 0.3) is 0 Å². The van der Waals surface area contributed by atoms with E-state index in [-0.39, 0.29) is 0 Å². The summed E-state index contributed by atoms with van der Waals surface area (Å²) in [6.45, 7) is 6.40. The molecule has 0 bridgehead atoms. The van der Waals surface area contributed by atoms with E-state index in [1.165, 1.54) is 5.56 Å². The van der Waals surface area contributed by atoms with Crippen LogP contribution in [0.2, 0.25) is 0 Å². The molecule has 1 N–H and O–H groups in total. The monoisotopic (exact) mass is 355 g/mol. The van der Waals surface area contributed by atoms with Crippen LogP contribution in [0.3, 0.4) is 0 Å². The summed E-state index contributed by atoms with van der Waals surface area (Å²) < 4.78 is 12.5. The Labute approximate surface area is 136 Å². The summed E-state index contributed by atoms with van der Waals surface area (Å²) in [5.74, 6) is 1.52. The summed E-state index contributed by atoms with van der Waals surface area (Å²) >= 11 is 3.66. The van der Waals surface area contributed by atoms with Crippen molar-refractivity contribution in [3.05, 3.63) is 28.2 Å². The van der Waals surface area contributed by atoms with Gasteiger partial charge in [0.15, 0.2) is 0 Å². The van der Waals surface area contributed by atoms with Gasteiger partial charge in [-0.1, -0.05) is 29.8 Å². The number of methoxy groups -OCH3 is 1. The van der Waals surface area contributed by atoms with Gasteiger partial charge in [-0.25, -0.2) is 0 Å². The zero-order valence-corrected chi connectivity index (χ0v) is 14.8. The van der Waals surface area contributed by atoms with Gasteiger partial charge in [-0.2, -0.15) is 0 Å². The van der Waals surface area contributed by atoms with Gasteiger partial charge in [0.05, 0.1) is 13.2 Å². The molecule has 3 atom stereocenters. The Kier molecular flexibility index (Phi) is 6.52. The van der Waals surface area contributed by atoms with Crippen molar-refractivity contribution >= 4 is 15.9 Å². The van der Waals surface area contributed by atoms with Crippen molar-refractivity contribution in [1.82, 2.24) is 5.32 Å². The molecular formula is C17H26BrNO2. The van der Waals surface area contributed by atoms with E-state index >= 15 is 0 Å². The van der Waals surface area contributed by atoms with Gasteiger partial charge in [-0.3, -0.25) is 0 Å². The molecular weight excluding hydrogens is 330 g/mol. The minimum atomic E-state index is 0.301. The molecule has 1 aromatic rings. The van der Waals surface area contributed by atoms with E-state index in [0.29, 0.717) is 18.1 Å². The Hall–Kier alpha value is -0.580. The number of benzene rings is 1. The summed E-state index contributed by atoms with van der Waals surface area (Å²) in [5, 5.41) is 3.67. The van der Waals surface area contributed by atoms with Gasteiger partial charge >= 0.3 is 0 Å². The third-order valence-corrected chi connectivity index (χ3v) is 4.96. The topological polar surface area (TPSA) is 30.5 Å². The Bertz CT molecular complexity index is 452. The van der Waals surface area contributed by atoms with E-state index in [4.69, 9.17) is 9.47 Å². The molecule has 118 valence electrons. The van der Waals surface area contributed by atoms with Crippen LogP contribution in [-0.4, -0.2) is 32.4 Å². The van der Waals surface area contributed by atoms with Crippen LogP contribution in [0.4, 0.5) is 0 Å². The molecule has 1 aliphatic heterocycles. The van der Waals surface area contributed by atoms with Gasteiger partial charge in [0, 0.05) is 17.1 Å². The van der Waals surface area contributed by atoms with Crippen LogP contribution in [0, 0.1) is 5.92 Å². The highest BCUT2D eigenvalue weighted by Crippen LogP contribution is 2.28. The quantitative estimate of drug-likeness (QED) is 0.806. The van der Waals surface area contributed by atoms with Crippen molar-refractivity contribution in [2.45, 2.75) is 45.3 Å². The molecule has 0 aliphatic carbocycles. The molecule has 0 aromatic heterocycles. The second-order valence-electron chi connectivity index (χ2n) is 5.82. The molecule has 0 radical (unpaired) electrons. The number of hydrogen-bond acceptors (Lipinski definition) is 3. The van der Waals surface area contributed by atoms with Crippen LogP contribution in [0.15, 0.2) is 22.7 Å². The summed E-state index contributed by atoms with van der Waals surface area (Å²) in [6, 6.07) is 6.51. The number of ether oxygens (including phenoxy) is 2. The molecule has 1 fully saturated rings. The molecule has 3 nitrogen and oxygen atoms in total. The maximum Gasteiger partial charge on any atom is 0.119 e. The first-order valence-corrected chi connectivity index (χ1v) is 8.62. The van der Waals surface area contributed by atoms with Crippen molar-refractivity contribution in [2.75, 3.05) is 20.3 Å². The first-order chi connectivity index (χ1) is 10.2. The van der Waals surface area contributed by atoms with Gasteiger partial charge in [-0.15, -0.1) is 0 Å². The second-order valence-corrected chi connectivity index (χ2v) is 6.68. The smallest absolute Gasteiger partial charge is 0.119 e. The lowest BCUT2D eigenvalue weighted by Gasteiger charge is -2.28. The zero-order chi connectivity index (χ0) is 15.2. The summed E-state index contributed by atoms with van der Waals surface area (Å²) in [6.07, 6.45) is 3.55. The fourth-order valence-corrected chi connectivity index (χ4v) is 3.35. The van der Waals surface area contributed by atoms with Crippen LogP contribution >= 0.6 is 15.9 Å². The number of hydrogen-bond donors (Lipinski definition) is 1. The highest BCUT2D eigenvalue weighted by Gasteiger charge is 2.32. The molecule has 1 saturated heterocycles. The highest BCUT2D eigenvalue weighted by atomic mass is 79.9. The number of rotatable bonds is 7. The number of nitrogens with one attached hydrogen (secondary N) is 1. The van der Waals surface area contributed by atoms with Crippen LogP contribution in [-0.2, 0) is 11.2 Å². The summed E-state index contributed by atoms with van der Waals surface area (Å²) in [7, 11) is 1.71. The lowest BCUT2D eigenvalue weighted by molar-refractivity contribution is 0.0609. The Morgan fingerprint density at radius 1 is 1.48 bits per heavy atom. The summed E-state index contributed by atoms with van der Waals surface area (Å²) in [5.41, 5.74) is 1.27. The van der Waals surface area contributed by atoms with Crippen LogP contribution in [0.25, 0.3) is 0 Å². The normalized spacial score (nSPS) is 23.2. The van der Waals surface area contributed by atoms with Crippen LogP contribution < -0.4 is 10.1 Å². The molecule has 1 heterocycles. The Balaban J connectivity index is 2.13. The first kappa shape index (κ1) is 16.8. The third-order valence-electron chi connectivity index (χ3n) is 4.19. The molecule has 0 spiro atoms. The standard InChI is InChI=1S/C17H26BrNO2/c1-4-8-19-16(17-12(2)7-9-21-17)11-13-10-14(20-3)5-6-15(13)18/h5-6,10,12,16-17,19H,4,7-9,11H2,1-3H3. The Morgan fingerprint density at radius 3 is 2.90 bits per heavy atom. The highest BCUT2D eigenvalue weighted by molar-refractivity contribution is 9.10. The van der Waals surface area contributed by atoms with Gasteiger partial charge in [0.2, 0.25) is 0 Å². The summed E-state index contributed by atoms with van der Waals surface area (Å²) in [4.78, 5) is 0. The minimum absolute atomic E-state index is 0.301. The van der Waals surface area contributed by atoms with Crippen molar-refractivity contribution < 1.29 is 9.47 Å². The van der Waals surface area contributed by atoms with Gasteiger partial charge < -0.3 is 14.8 Å². The Morgan fingerprint density at radius 2 is 2.29 bits per heavy atom. The predicted molar refractivity (Wildman–Crippen MR) is 90.0 cm³/mol. The van der Waals surface area contributed by atoms with E-state index in [1.807, 2.05) is 6.07 Å². The second kappa shape index (κ2) is 8.16. The molecule has 4 heteroatoms. The SMILES string of the molecule is CCCNC(Cc1cc(OC)ccc1Br)C1OCCC1C. The molecule has 0 saturated carbocycles. The molecule has 0 amide bonds. The lowest BCUT2D eigenvalue weighted by atomic mass is 9.92. The van der Waals surface area contributed by atoms with E-state index in [9.17, 15) is 0 Å². The maximum absolute atomic E-state index is 5.98. The van der Waals surface area contributed by atoms with Crippen molar-refractivity contribution in [1.29, 1.82) is 0 Å². The minimum Gasteiger partial charge on any atom is -0.497 e. The molecule has 21 heavy (non-hydrogen) atoms. The van der Waals surface area contributed by atoms with Crippen LogP contribution in [0.5, 0.6) is 5.75 Å². The maximum atomic E-state index is 5.98. The average Bonchev–Trinajstić information content (AvgIpc) is 2.91. The van der Waals surface area contributed by atoms with E-state index in [2.05, 4.69) is 47.2 Å². The molecule has 2 rings (SSSR count). The average molecular weight is 356 g/mol. The lowest BCUT2D eigenvalue weighted by Crippen LogP contribution is -2.44. The predicted octanol–water partition coefficient (Wildman–Crippen LogP) is 3.79. The van der Waals surface area contributed by atoms with Crippen molar-refractivity contribution in [3.63, 3.8) is 0 Å². The first-order valence-electron chi connectivity index (χ1n) is 7.83. The number of halogens is 1. The van der Waals surface area contributed by atoms with Crippen molar-refractivity contribution in [2.24, 2.45) is 5.92 Å². The van der Waals surface area contributed by atoms with Crippen LogP contribution in [0.1, 0.15) is 32.3 Å². The van der Waals surface area contributed by atoms with E-state index in [0.717, 1.165) is 42.6 Å². The van der Waals surface area contributed by atoms with Gasteiger partial charge in [0.1, 0.15) is 5.75 Å².